The number of hydrogen-bond donors (Lipinski definition) is 1. The molecule has 0 unspecified atom stereocenters. The van der Waals surface area contributed by atoms with E-state index >= 15 is 0 Å². The SMILES string of the molecule is CC1CCN(Cc2cc(Br)cc(OCCN)c2)CC1. The summed E-state index contributed by atoms with van der Waals surface area (Å²) in [6.45, 7) is 6.86. The van der Waals surface area contributed by atoms with E-state index in [9.17, 15) is 0 Å². The zero-order valence-corrected chi connectivity index (χ0v) is 13.2. The topological polar surface area (TPSA) is 38.5 Å². The molecule has 2 rings (SSSR count). The van der Waals surface area contributed by atoms with Crippen molar-refractivity contribution in [1.29, 1.82) is 0 Å². The van der Waals surface area contributed by atoms with Crippen molar-refractivity contribution in [2.45, 2.75) is 26.3 Å². The zero-order valence-electron chi connectivity index (χ0n) is 11.6. The molecule has 0 aliphatic carbocycles. The molecule has 1 saturated heterocycles. The lowest BCUT2D eigenvalue weighted by atomic mass is 9.99. The molecule has 1 fully saturated rings. The van der Waals surface area contributed by atoms with Gasteiger partial charge in [-0.05, 0) is 55.6 Å². The highest BCUT2D eigenvalue weighted by Gasteiger charge is 2.16. The van der Waals surface area contributed by atoms with Crippen molar-refractivity contribution in [2.75, 3.05) is 26.2 Å². The third-order valence-corrected chi connectivity index (χ3v) is 4.06. The van der Waals surface area contributed by atoms with Gasteiger partial charge < -0.3 is 10.5 Å². The molecule has 1 aromatic rings. The van der Waals surface area contributed by atoms with Gasteiger partial charge in [-0.25, -0.2) is 0 Å². The fourth-order valence-electron chi connectivity index (χ4n) is 2.45. The summed E-state index contributed by atoms with van der Waals surface area (Å²) in [5, 5.41) is 0. The van der Waals surface area contributed by atoms with Gasteiger partial charge in [0.05, 0.1) is 0 Å². The van der Waals surface area contributed by atoms with E-state index in [0.717, 1.165) is 22.7 Å². The summed E-state index contributed by atoms with van der Waals surface area (Å²) in [6, 6.07) is 6.29. The van der Waals surface area contributed by atoms with Crippen LogP contribution in [0.5, 0.6) is 5.75 Å². The molecular formula is C15H23BrN2O. The fourth-order valence-corrected chi connectivity index (χ4v) is 2.97. The van der Waals surface area contributed by atoms with Crippen LogP contribution in [0.25, 0.3) is 0 Å². The van der Waals surface area contributed by atoms with Gasteiger partial charge in [0, 0.05) is 17.6 Å². The van der Waals surface area contributed by atoms with Crippen molar-refractivity contribution >= 4 is 15.9 Å². The van der Waals surface area contributed by atoms with E-state index in [1.807, 2.05) is 6.07 Å². The molecule has 1 heterocycles. The molecular weight excluding hydrogens is 304 g/mol. The Morgan fingerprint density at radius 2 is 2.05 bits per heavy atom. The molecule has 0 saturated carbocycles. The second-order valence-corrected chi connectivity index (χ2v) is 6.31. The number of halogens is 1. The average molecular weight is 327 g/mol. The molecule has 0 radical (unpaired) electrons. The van der Waals surface area contributed by atoms with Crippen LogP contribution >= 0.6 is 15.9 Å². The Kier molecular flexibility index (Phi) is 5.67. The van der Waals surface area contributed by atoms with Gasteiger partial charge in [-0.15, -0.1) is 0 Å². The maximum atomic E-state index is 5.61. The first-order chi connectivity index (χ1) is 9.17. The first-order valence-electron chi connectivity index (χ1n) is 7.02. The van der Waals surface area contributed by atoms with Gasteiger partial charge in [0.2, 0.25) is 0 Å². The number of nitrogens with zero attached hydrogens (tertiary/aromatic N) is 1. The molecule has 0 aromatic heterocycles. The second kappa shape index (κ2) is 7.27. The first kappa shape index (κ1) is 14.8. The van der Waals surface area contributed by atoms with E-state index in [1.165, 1.54) is 31.5 Å². The van der Waals surface area contributed by atoms with Crippen LogP contribution in [-0.2, 0) is 6.54 Å². The summed E-state index contributed by atoms with van der Waals surface area (Å²) >= 11 is 3.55. The molecule has 106 valence electrons. The molecule has 0 bridgehead atoms. The lowest BCUT2D eigenvalue weighted by Gasteiger charge is -2.30. The fraction of sp³-hybridized carbons (Fsp3) is 0.600. The van der Waals surface area contributed by atoms with E-state index in [-0.39, 0.29) is 0 Å². The van der Waals surface area contributed by atoms with Crippen molar-refractivity contribution in [3.05, 3.63) is 28.2 Å². The summed E-state index contributed by atoms with van der Waals surface area (Å²) in [6.07, 6.45) is 2.62. The molecule has 0 spiro atoms. The Balaban J connectivity index is 1.97. The molecule has 0 atom stereocenters. The third-order valence-electron chi connectivity index (χ3n) is 3.60. The normalized spacial score (nSPS) is 17.6. The van der Waals surface area contributed by atoms with Crippen molar-refractivity contribution in [1.82, 2.24) is 4.90 Å². The van der Waals surface area contributed by atoms with Crippen LogP contribution in [0.15, 0.2) is 22.7 Å². The predicted molar refractivity (Wildman–Crippen MR) is 82.4 cm³/mol. The highest BCUT2D eigenvalue weighted by molar-refractivity contribution is 9.10. The summed E-state index contributed by atoms with van der Waals surface area (Å²) in [4.78, 5) is 2.52. The van der Waals surface area contributed by atoms with Crippen molar-refractivity contribution in [3.63, 3.8) is 0 Å². The van der Waals surface area contributed by atoms with Gasteiger partial charge in [0.15, 0.2) is 0 Å². The van der Waals surface area contributed by atoms with Gasteiger partial charge in [0.1, 0.15) is 12.4 Å². The van der Waals surface area contributed by atoms with Crippen molar-refractivity contribution < 1.29 is 4.74 Å². The Morgan fingerprint density at radius 3 is 2.74 bits per heavy atom. The number of piperidine rings is 1. The zero-order chi connectivity index (χ0) is 13.7. The largest absolute Gasteiger partial charge is 0.492 e. The summed E-state index contributed by atoms with van der Waals surface area (Å²) in [5.74, 6) is 1.78. The maximum Gasteiger partial charge on any atom is 0.120 e. The van der Waals surface area contributed by atoms with Crippen LogP contribution in [0, 0.1) is 5.92 Å². The van der Waals surface area contributed by atoms with Crippen molar-refractivity contribution in [2.24, 2.45) is 11.7 Å². The minimum atomic E-state index is 0.547. The number of ether oxygens (including phenoxy) is 1. The highest BCUT2D eigenvalue weighted by Crippen LogP contribution is 2.24. The van der Waals surface area contributed by atoms with E-state index < -0.39 is 0 Å². The number of likely N-dealkylation sites (tertiary alicyclic amines) is 1. The van der Waals surface area contributed by atoms with Crippen molar-refractivity contribution in [3.8, 4) is 5.75 Å². The van der Waals surface area contributed by atoms with Gasteiger partial charge in [-0.1, -0.05) is 22.9 Å². The molecule has 3 nitrogen and oxygen atoms in total. The number of hydrogen-bond acceptors (Lipinski definition) is 3. The van der Waals surface area contributed by atoms with Crippen LogP contribution in [0.3, 0.4) is 0 Å². The Labute approximate surface area is 124 Å². The van der Waals surface area contributed by atoms with Gasteiger partial charge >= 0.3 is 0 Å². The maximum absolute atomic E-state index is 5.61. The smallest absolute Gasteiger partial charge is 0.120 e. The molecule has 4 heteroatoms. The lowest BCUT2D eigenvalue weighted by Crippen LogP contribution is -2.32. The summed E-state index contributed by atoms with van der Waals surface area (Å²) in [7, 11) is 0. The van der Waals surface area contributed by atoms with Crippen LogP contribution in [0.2, 0.25) is 0 Å². The monoisotopic (exact) mass is 326 g/mol. The molecule has 2 N–H and O–H groups in total. The van der Waals surface area contributed by atoms with E-state index in [2.05, 4.69) is 39.9 Å². The third kappa shape index (κ3) is 4.79. The number of benzene rings is 1. The number of rotatable bonds is 5. The molecule has 1 aliphatic rings. The lowest BCUT2D eigenvalue weighted by molar-refractivity contribution is 0.185. The van der Waals surface area contributed by atoms with E-state index in [1.54, 1.807) is 0 Å². The first-order valence-corrected chi connectivity index (χ1v) is 7.81. The molecule has 0 amide bonds. The van der Waals surface area contributed by atoms with Crippen LogP contribution in [-0.4, -0.2) is 31.1 Å². The van der Waals surface area contributed by atoms with Gasteiger partial charge in [-0.3, -0.25) is 4.90 Å². The summed E-state index contributed by atoms with van der Waals surface area (Å²) < 4.78 is 6.68. The minimum absolute atomic E-state index is 0.547. The standard InChI is InChI=1S/C15H23BrN2O/c1-12-2-5-18(6-3-12)11-13-8-14(16)10-15(9-13)19-7-4-17/h8-10,12H,2-7,11,17H2,1H3. The highest BCUT2D eigenvalue weighted by atomic mass is 79.9. The van der Waals surface area contributed by atoms with Gasteiger partial charge in [0.25, 0.3) is 0 Å². The molecule has 19 heavy (non-hydrogen) atoms. The quantitative estimate of drug-likeness (QED) is 0.903. The summed E-state index contributed by atoms with van der Waals surface area (Å²) in [5.41, 5.74) is 6.77. The Bertz CT molecular complexity index is 403. The number of nitrogens with two attached hydrogens (primary N) is 1. The molecule has 1 aliphatic heterocycles. The average Bonchev–Trinajstić information content (AvgIpc) is 2.38. The van der Waals surface area contributed by atoms with E-state index in [4.69, 9.17) is 10.5 Å². The van der Waals surface area contributed by atoms with E-state index in [0.29, 0.717) is 13.2 Å². The predicted octanol–water partition coefficient (Wildman–Crippen LogP) is 3.02. The minimum Gasteiger partial charge on any atom is -0.492 e. The van der Waals surface area contributed by atoms with Crippen LogP contribution in [0.1, 0.15) is 25.3 Å². The van der Waals surface area contributed by atoms with Crippen LogP contribution < -0.4 is 10.5 Å². The van der Waals surface area contributed by atoms with Gasteiger partial charge in [-0.2, -0.15) is 0 Å². The molecule has 1 aromatic carbocycles. The Hall–Kier alpha value is -0.580. The Morgan fingerprint density at radius 1 is 1.32 bits per heavy atom. The van der Waals surface area contributed by atoms with Crippen LogP contribution in [0.4, 0.5) is 0 Å². The second-order valence-electron chi connectivity index (χ2n) is 5.39.